The second kappa shape index (κ2) is 8.22. The lowest BCUT2D eigenvalue weighted by Crippen LogP contribution is -2.61. The Morgan fingerprint density at radius 2 is 1.89 bits per heavy atom. The van der Waals surface area contributed by atoms with Crippen LogP contribution in [0, 0.1) is 11.3 Å². The van der Waals surface area contributed by atoms with Gasteiger partial charge in [0.1, 0.15) is 0 Å². The van der Waals surface area contributed by atoms with Crippen LogP contribution in [0.1, 0.15) is 64.9 Å². The molecule has 3 rings (SSSR count). The fourth-order valence-electron chi connectivity index (χ4n) is 5.04. The summed E-state index contributed by atoms with van der Waals surface area (Å²) < 4.78 is 12.9. The van der Waals surface area contributed by atoms with Crippen LogP contribution in [0.15, 0.2) is 35.4 Å². The van der Waals surface area contributed by atoms with Crippen LogP contribution < -0.4 is 0 Å². The van der Waals surface area contributed by atoms with Crippen molar-refractivity contribution in [2.24, 2.45) is 16.4 Å². The first kappa shape index (κ1) is 20.2. The molecule has 1 saturated carbocycles. The molecule has 2 atom stereocenters. The van der Waals surface area contributed by atoms with Crippen LogP contribution in [0.2, 0.25) is 0 Å². The molecule has 1 aromatic rings. The summed E-state index contributed by atoms with van der Waals surface area (Å²) in [6.45, 7) is 9.05. The topological polar surface area (TPSA) is 67.2 Å². The van der Waals surface area contributed by atoms with Crippen molar-refractivity contribution in [1.82, 2.24) is 0 Å². The third-order valence-corrected chi connectivity index (χ3v) is 6.58. The Morgan fingerprint density at radius 1 is 1.19 bits per heavy atom. The number of benzene rings is 1. The molecule has 1 saturated heterocycles. The van der Waals surface area contributed by atoms with Crippen molar-refractivity contribution in [2.45, 2.75) is 70.5 Å². The SMILES string of the molecule is CC(C)(C)[C@H]1CCC2(OCCCO2)[C@@](CCCN=[N+]=[N-])(c2ccccc2)C1. The third kappa shape index (κ3) is 4.01. The molecule has 0 unspecified atom stereocenters. The van der Waals surface area contributed by atoms with Crippen LogP contribution in [-0.2, 0) is 14.9 Å². The van der Waals surface area contributed by atoms with E-state index in [1.807, 2.05) is 0 Å². The Labute approximate surface area is 163 Å². The summed E-state index contributed by atoms with van der Waals surface area (Å²) in [6.07, 6.45) is 5.78. The minimum absolute atomic E-state index is 0.212. The summed E-state index contributed by atoms with van der Waals surface area (Å²) in [5.74, 6) is 0.0296. The van der Waals surface area contributed by atoms with E-state index in [9.17, 15) is 0 Å². The van der Waals surface area contributed by atoms with Gasteiger partial charge in [-0.1, -0.05) is 56.2 Å². The second-order valence-corrected chi connectivity index (χ2v) is 9.12. The number of azide groups is 1. The smallest absolute Gasteiger partial charge is 0.177 e. The summed E-state index contributed by atoms with van der Waals surface area (Å²) in [6, 6.07) is 10.7. The zero-order valence-electron chi connectivity index (χ0n) is 17.0. The van der Waals surface area contributed by atoms with Gasteiger partial charge in [0, 0.05) is 23.3 Å². The highest BCUT2D eigenvalue weighted by Crippen LogP contribution is 2.57. The summed E-state index contributed by atoms with van der Waals surface area (Å²) in [5.41, 5.74) is 10.0. The van der Waals surface area contributed by atoms with Crippen molar-refractivity contribution in [3.63, 3.8) is 0 Å². The van der Waals surface area contributed by atoms with Crippen molar-refractivity contribution in [3.05, 3.63) is 46.3 Å². The van der Waals surface area contributed by atoms with Crippen LogP contribution in [0.3, 0.4) is 0 Å². The summed E-state index contributed by atoms with van der Waals surface area (Å²) >= 11 is 0. The van der Waals surface area contributed by atoms with E-state index in [0.717, 1.165) is 51.7 Å². The highest BCUT2D eigenvalue weighted by molar-refractivity contribution is 5.31. The fraction of sp³-hybridized carbons (Fsp3) is 0.727. The quantitative estimate of drug-likeness (QED) is 0.276. The zero-order valence-corrected chi connectivity index (χ0v) is 17.0. The van der Waals surface area contributed by atoms with Crippen molar-refractivity contribution < 1.29 is 9.47 Å². The summed E-state index contributed by atoms with van der Waals surface area (Å²) in [4.78, 5) is 2.93. The first-order valence-corrected chi connectivity index (χ1v) is 10.3. The van der Waals surface area contributed by atoms with Crippen molar-refractivity contribution in [2.75, 3.05) is 19.8 Å². The average molecular weight is 372 g/mol. The lowest BCUT2D eigenvalue weighted by Gasteiger charge is -2.58. The molecule has 0 amide bonds. The number of hydrogen-bond acceptors (Lipinski definition) is 3. The van der Waals surface area contributed by atoms with Gasteiger partial charge in [-0.15, -0.1) is 0 Å². The lowest BCUT2D eigenvalue weighted by atomic mass is 9.55. The van der Waals surface area contributed by atoms with E-state index in [1.54, 1.807) is 0 Å². The Morgan fingerprint density at radius 3 is 2.52 bits per heavy atom. The molecule has 1 aliphatic carbocycles. The predicted octanol–water partition coefficient (Wildman–Crippen LogP) is 5.99. The van der Waals surface area contributed by atoms with Gasteiger partial charge < -0.3 is 9.47 Å². The number of ether oxygens (including phenoxy) is 2. The minimum Gasteiger partial charge on any atom is -0.349 e. The molecule has 1 aliphatic heterocycles. The van der Waals surface area contributed by atoms with Crippen LogP contribution in [0.4, 0.5) is 0 Å². The van der Waals surface area contributed by atoms with Crippen LogP contribution >= 0.6 is 0 Å². The van der Waals surface area contributed by atoms with Crippen LogP contribution in [-0.4, -0.2) is 25.5 Å². The first-order valence-electron chi connectivity index (χ1n) is 10.3. The van der Waals surface area contributed by atoms with Gasteiger partial charge in [-0.3, -0.25) is 0 Å². The Kier molecular flexibility index (Phi) is 6.15. The molecule has 5 heteroatoms. The van der Waals surface area contributed by atoms with Gasteiger partial charge in [0.05, 0.1) is 13.2 Å². The van der Waals surface area contributed by atoms with E-state index < -0.39 is 5.79 Å². The van der Waals surface area contributed by atoms with Gasteiger partial charge in [0.25, 0.3) is 0 Å². The molecule has 5 nitrogen and oxygen atoms in total. The largest absolute Gasteiger partial charge is 0.349 e. The molecule has 27 heavy (non-hydrogen) atoms. The molecule has 1 aromatic carbocycles. The van der Waals surface area contributed by atoms with Gasteiger partial charge in [0.2, 0.25) is 0 Å². The zero-order chi connectivity index (χ0) is 19.4. The van der Waals surface area contributed by atoms with Crippen LogP contribution in [0.5, 0.6) is 0 Å². The molecule has 0 radical (unpaired) electrons. The number of nitrogens with zero attached hydrogens (tertiary/aromatic N) is 3. The van der Waals surface area contributed by atoms with Gasteiger partial charge in [-0.05, 0) is 54.5 Å². The van der Waals surface area contributed by atoms with Crippen molar-refractivity contribution in [3.8, 4) is 0 Å². The number of hydrogen-bond donors (Lipinski definition) is 0. The van der Waals surface area contributed by atoms with E-state index >= 15 is 0 Å². The molecule has 1 heterocycles. The lowest BCUT2D eigenvalue weighted by molar-refractivity contribution is -0.323. The monoisotopic (exact) mass is 371 g/mol. The molecule has 2 aliphatic rings. The average Bonchev–Trinajstić information content (AvgIpc) is 2.67. The van der Waals surface area contributed by atoms with Gasteiger partial charge >= 0.3 is 0 Å². The van der Waals surface area contributed by atoms with E-state index in [2.05, 4.69) is 61.1 Å². The molecule has 0 aromatic heterocycles. The van der Waals surface area contributed by atoms with E-state index in [4.69, 9.17) is 15.0 Å². The highest BCUT2D eigenvalue weighted by Gasteiger charge is 2.59. The molecule has 1 spiro atoms. The first-order chi connectivity index (χ1) is 12.9. The van der Waals surface area contributed by atoms with Crippen molar-refractivity contribution in [1.29, 1.82) is 0 Å². The van der Waals surface area contributed by atoms with Gasteiger partial charge in [-0.25, -0.2) is 0 Å². The van der Waals surface area contributed by atoms with E-state index in [0.29, 0.717) is 12.5 Å². The minimum atomic E-state index is -0.565. The van der Waals surface area contributed by atoms with Crippen LogP contribution in [0.25, 0.3) is 10.4 Å². The maximum absolute atomic E-state index is 8.68. The molecular formula is C22H33N3O2. The summed E-state index contributed by atoms with van der Waals surface area (Å²) in [5, 5.41) is 3.78. The molecule has 2 fully saturated rings. The number of rotatable bonds is 5. The van der Waals surface area contributed by atoms with Gasteiger partial charge in [0.15, 0.2) is 5.79 Å². The highest BCUT2D eigenvalue weighted by atomic mass is 16.7. The standard InChI is InChI=1S/C22H33N3O2/c1-20(2,3)19-11-13-22(26-15-8-16-27-22)21(17-19,12-7-14-24-25-23)18-9-5-4-6-10-18/h4-6,9-10,19H,7-8,11-17H2,1-3H3/t19-,21+/m0/s1. The Balaban J connectivity index is 2.05. The molecular weight excluding hydrogens is 338 g/mol. The fourth-order valence-corrected chi connectivity index (χ4v) is 5.04. The van der Waals surface area contributed by atoms with Crippen molar-refractivity contribution >= 4 is 0 Å². The summed E-state index contributed by atoms with van der Waals surface area (Å²) in [7, 11) is 0. The normalized spacial score (nSPS) is 27.9. The maximum Gasteiger partial charge on any atom is 0.177 e. The molecule has 0 bridgehead atoms. The predicted molar refractivity (Wildman–Crippen MR) is 107 cm³/mol. The Hall–Kier alpha value is -1.55. The van der Waals surface area contributed by atoms with E-state index in [-0.39, 0.29) is 10.8 Å². The Bertz CT molecular complexity index is 658. The third-order valence-electron chi connectivity index (χ3n) is 6.58. The van der Waals surface area contributed by atoms with E-state index in [1.165, 1.54) is 5.56 Å². The maximum atomic E-state index is 8.68. The van der Waals surface area contributed by atoms with Gasteiger partial charge in [-0.2, -0.15) is 0 Å². The molecule has 148 valence electrons. The second-order valence-electron chi connectivity index (χ2n) is 9.12. The molecule has 0 N–H and O–H groups in total.